The topological polar surface area (TPSA) is 52.5 Å². The Morgan fingerprint density at radius 2 is 2.19 bits per heavy atom. The van der Waals surface area contributed by atoms with E-state index >= 15 is 0 Å². The van der Waals surface area contributed by atoms with Crippen molar-refractivity contribution in [3.8, 4) is 6.07 Å². The summed E-state index contributed by atoms with van der Waals surface area (Å²) in [5.74, 6) is 0.394. The summed E-state index contributed by atoms with van der Waals surface area (Å²) in [6.07, 6.45) is 3.41. The smallest absolute Gasteiger partial charge is 0.129 e. The van der Waals surface area contributed by atoms with Crippen LogP contribution in [0.25, 0.3) is 0 Å². The van der Waals surface area contributed by atoms with Gasteiger partial charge in [-0.15, -0.1) is 0 Å². The molecule has 3 heteroatoms. The van der Waals surface area contributed by atoms with E-state index in [2.05, 4.69) is 22.1 Å². The molecule has 80 valence electrons. The normalized spacial score (nSPS) is 12.1. The highest BCUT2D eigenvalue weighted by atomic mass is 14.9. The van der Waals surface area contributed by atoms with Crippen molar-refractivity contribution in [3.63, 3.8) is 0 Å². The first-order valence-electron chi connectivity index (χ1n) is 5.18. The highest BCUT2D eigenvalue weighted by molar-refractivity contribution is 5.39. The average Bonchev–Trinajstić information content (AvgIpc) is 2.75. The van der Waals surface area contributed by atoms with Crippen LogP contribution in [-0.2, 0) is 0 Å². The third-order valence-corrected chi connectivity index (χ3v) is 2.66. The third kappa shape index (κ3) is 1.82. The molecule has 16 heavy (non-hydrogen) atoms. The summed E-state index contributed by atoms with van der Waals surface area (Å²) in [5.41, 5.74) is 3.35. The number of aromatic amines is 1. The second-order valence-corrected chi connectivity index (χ2v) is 3.90. The number of rotatable bonds is 2. The van der Waals surface area contributed by atoms with Crippen molar-refractivity contribution in [2.45, 2.75) is 19.8 Å². The molecular weight excluding hydrogens is 198 g/mol. The van der Waals surface area contributed by atoms with Gasteiger partial charge >= 0.3 is 0 Å². The summed E-state index contributed by atoms with van der Waals surface area (Å²) < 4.78 is 0. The van der Waals surface area contributed by atoms with Gasteiger partial charge in [-0.05, 0) is 25.0 Å². The van der Waals surface area contributed by atoms with Crippen LogP contribution in [0.1, 0.15) is 28.4 Å². The molecule has 0 radical (unpaired) electrons. The van der Waals surface area contributed by atoms with Crippen LogP contribution in [0.2, 0.25) is 0 Å². The molecule has 0 spiro atoms. The maximum absolute atomic E-state index is 9.24. The lowest BCUT2D eigenvalue weighted by atomic mass is 9.94. The van der Waals surface area contributed by atoms with Crippen LogP contribution in [0, 0.1) is 25.2 Å². The van der Waals surface area contributed by atoms with Gasteiger partial charge in [0.1, 0.15) is 11.7 Å². The van der Waals surface area contributed by atoms with Gasteiger partial charge in [-0.3, -0.25) is 0 Å². The standard InChI is InChI=1S/C13H13N3/c1-9-3-4-11(10(2)7-9)12(8-14)13-15-5-6-16-13/h3-7,12H,1-2H3,(H,15,16). The molecule has 0 saturated carbocycles. The van der Waals surface area contributed by atoms with Gasteiger partial charge < -0.3 is 4.98 Å². The van der Waals surface area contributed by atoms with Gasteiger partial charge in [0.2, 0.25) is 0 Å². The van der Waals surface area contributed by atoms with E-state index in [9.17, 15) is 5.26 Å². The number of aryl methyl sites for hydroxylation is 2. The molecular formula is C13H13N3. The zero-order chi connectivity index (χ0) is 11.5. The van der Waals surface area contributed by atoms with Crippen LogP contribution in [0.15, 0.2) is 30.6 Å². The number of H-pyrrole nitrogens is 1. The zero-order valence-electron chi connectivity index (χ0n) is 9.36. The molecule has 0 amide bonds. The fourth-order valence-corrected chi connectivity index (χ4v) is 1.86. The van der Waals surface area contributed by atoms with E-state index in [1.807, 2.05) is 26.0 Å². The van der Waals surface area contributed by atoms with Gasteiger partial charge in [0.05, 0.1) is 6.07 Å². The van der Waals surface area contributed by atoms with Crippen molar-refractivity contribution < 1.29 is 0 Å². The molecule has 0 saturated heterocycles. The van der Waals surface area contributed by atoms with E-state index in [4.69, 9.17) is 0 Å². The van der Waals surface area contributed by atoms with Crippen LogP contribution in [-0.4, -0.2) is 9.97 Å². The fourth-order valence-electron chi connectivity index (χ4n) is 1.86. The Balaban J connectivity index is 2.46. The minimum Gasteiger partial charge on any atom is -0.347 e. The highest BCUT2D eigenvalue weighted by Gasteiger charge is 2.17. The Hall–Kier alpha value is -2.08. The predicted molar refractivity (Wildman–Crippen MR) is 62.0 cm³/mol. The van der Waals surface area contributed by atoms with Crippen LogP contribution in [0.3, 0.4) is 0 Å². The van der Waals surface area contributed by atoms with Crippen molar-refractivity contribution in [3.05, 3.63) is 53.1 Å². The van der Waals surface area contributed by atoms with E-state index < -0.39 is 0 Å². The lowest BCUT2D eigenvalue weighted by molar-refractivity contribution is 0.916. The highest BCUT2D eigenvalue weighted by Crippen LogP contribution is 2.24. The molecule has 0 aliphatic carbocycles. The largest absolute Gasteiger partial charge is 0.347 e. The molecule has 1 aromatic heterocycles. The zero-order valence-corrected chi connectivity index (χ0v) is 9.36. The van der Waals surface area contributed by atoms with Crippen molar-refractivity contribution >= 4 is 0 Å². The van der Waals surface area contributed by atoms with Gasteiger partial charge in [0.15, 0.2) is 0 Å². The van der Waals surface area contributed by atoms with Crippen molar-refractivity contribution in [1.29, 1.82) is 5.26 Å². The molecule has 1 heterocycles. The van der Waals surface area contributed by atoms with Gasteiger partial charge in [0.25, 0.3) is 0 Å². The Morgan fingerprint density at radius 3 is 2.75 bits per heavy atom. The molecule has 2 aromatic rings. The fraction of sp³-hybridized carbons (Fsp3) is 0.231. The molecule has 1 N–H and O–H groups in total. The quantitative estimate of drug-likeness (QED) is 0.830. The summed E-state index contributed by atoms with van der Waals surface area (Å²) in [7, 11) is 0. The van der Waals surface area contributed by atoms with Crippen LogP contribution < -0.4 is 0 Å². The van der Waals surface area contributed by atoms with Crippen LogP contribution >= 0.6 is 0 Å². The second kappa shape index (κ2) is 4.19. The SMILES string of the molecule is Cc1ccc(C(C#N)c2ncc[nH]2)c(C)c1. The molecule has 0 aliphatic rings. The van der Waals surface area contributed by atoms with E-state index in [1.54, 1.807) is 12.4 Å². The number of nitriles is 1. The lowest BCUT2D eigenvalue weighted by Gasteiger charge is -2.10. The Labute approximate surface area is 94.8 Å². The van der Waals surface area contributed by atoms with Crippen molar-refractivity contribution in [2.75, 3.05) is 0 Å². The first-order valence-corrected chi connectivity index (χ1v) is 5.18. The number of nitrogens with zero attached hydrogens (tertiary/aromatic N) is 2. The average molecular weight is 211 g/mol. The second-order valence-electron chi connectivity index (χ2n) is 3.90. The van der Waals surface area contributed by atoms with E-state index in [0.29, 0.717) is 5.82 Å². The monoisotopic (exact) mass is 211 g/mol. The summed E-state index contributed by atoms with van der Waals surface area (Å²) in [6.45, 7) is 4.07. The summed E-state index contributed by atoms with van der Waals surface area (Å²) in [6, 6.07) is 8.40. The van der Waals surface area contributed by atoms with Gasteiger partial charge in [-0.1, -0.05) is 23.8 Å². The van der Waals surface area contributed by atoms with Gasteiger partial charge in [-0.2, -0.15) is 5.26 Å². The van der Waals surface area contributed by atoms with Gasteiger partial charge in [-0.25, -0.2) is 4.98 Å². The van der Waals surface area contributed by atoms with Crippen molar-refractivity contribution in [1.82, 2.24) is 9.97 Å². The minimum absolute atomic E-state index is 0.310. The summed E-state index contributed by atoms with van der Waals surface area (Å²) in [5, 5.41) is 9.24. The Kier molecular flexibility index (Phi) is 2.74. The lowest BCUT2D eigenvalue weighted by Crippen LogP contribution is -2.03. The maximum atomic E-state index is 9.24. The number of benzene rings is 1. The number of nitrogens with one attached hydrogen (secondary N) is 1. The Bertz CT molecular complexity index is 521. The van der Waals surface area contributed by atoms with E-state index in [-0.39, 0.29) is 5.92 Å². The van der Waals surface area contributed by atoms with E-state index in [1.165, 1.54) is 5.56 Å². The molecule has 0 aliphatic heterocycles. The third-order valence-electron chi connectivity index (χ3n) is 2.66. The van der Waals surface area contributed by atoms with Crippen LogP contribution in [0.5, 0.6) is 0 Å². The predicted octanol–water partition coefficient (Wildman–Crippen LogP) is 2.68. The molecule has 0 bridgehead atoms. The summed E-state index contributed by atoms with van der Waals surface area (Å²) >= 11 is 0. The molecule has 2 rings (SSSR count). The molecule has 1 atom stereocenters. The molecule has 0 fully saturated rings. The maximum Gasteiger partial charge on any atom is 0.129 e. The first-order chi connectivity index (χ1) is 7.72. The van der Waals surface area contributed by atoms with E-state index in [0.717, 1.165) is 11.1 Å². The molecule has 1 aromatic carbocycles. The minimum atomic E-state index is -0.310. The number of imidazole rings is 1. The Morgan fingerprint density at radius 1 is 1.38 bits per heavy atom. The van der Waals surface area contributed by atoms with Crippen molar-refractivity contribution in [2.24, 2.45) is 0 Å². The number of hydrogen-bond donors (Lipinski definition) is 1. The number of hydrogen-bond acceptors (Lipinski definition) is 2. The summed E-state index contributed by atoms with van der Waals surface area (Å²) in [4.78, 5) is 7.14. The number of aromatic nitrogens is 2. The van der Waals surface area contributed by atoms with Gasteiger partial charge in [0, 0.05) is 12.4 Å². The molecule has 1 unspecified atom stereocenters. The molecule has 3 nitrogen and oxygen atoms in total. The first kappa shape index (κ1) is 10.4. The van der Waals surface area contributed by atoms with Crippen LogP contribution in [0.4, 0.5) is 0 Å².